The van der Waals surface area contributed by atoms with E-state index in [1.807, 2.05) is 0 Å². The van der Waals surface area contributed by atoms with E-state index in [0.29, 0.717) is 0 Å². The van der Waals surface area contributed by atoms with Crippen molar-refractivity contribution in [1.29, 1.82) is 0 Å². The van der Waals surface area contributed by atoms with Crippen molar-refractivity contribution in [3.05, 3.63) is 29.3 Å². The summed E-state index contributed by atoms with van der Waals surface area (Å²) < 4.78 is 5.72. The molecule has 0 spiro atoms. The molecule has 3 rings (SSSR count). The second kappa shape index (κ2) is 6.80. The number of hydrogen-bond acceptors (Lipinski definition) is 3. The minimum absolute atomic E-state index is 0.773. The summed E-state index contributed by atoms with van der Waals surface area (Å²) in [5.41, 5.74) is 4.09. The molecular weight excluding hydrogens is 260 g/mol. The third kappa shape index (κ3) is 4.72. The van der Waals surface area contributed by atoms with Crippen molar-refractivity contribution >= 4 is 5.69 Å². The molecule has 1 aromatic carbocycles. The lowest BCUT2D eigenvalue weighted by atomic mass is 10.1. The van der Waals surface area contributed by atoms with E-state index in [4.69, 9.17) is 4.74 Å². The highest BCUT2D eigenvalue weighted by Crippen LogP contribution is 2.28. The fourth-order valence-corrected chi connectivity index (χ4v) is 2.52. The maximum absolute atomic E-state index is 5.72. The van der Waals surface area contributed by atoms with Gasteiger partial charge in [0, 0.05) is 38.5 Å². The highest BCUT2D eigenvalue weighted by atomic mass is 16.5. The van der Waals surface area contributed by atoms with Gasteiger partial charge in [0.15, 0.2) is 0 Å². The van der Waals surface area contributed by atoms with Crippen LogP contribution in [0.1, 0.15) is 36.8 Å². The molecule has 2 aliphatic carbocycles. The molecule has 0 radical (unpaired) electrons. The summed E-state index contributed by atoms with van der Waals surface area (Å²) >= 11 is 0. The Balaban J connectivity index is 1.45. The fourth-order valence-electron chi connectivity index (χ4n) is 2.52. The first kappa shape index (κ1) is 14.9. The van der Waals surface area contributed by atoms with Crippen LogP contribution in [-0.4, -0.2) is 32.8 Å². The molecule has 3 heteroatoms. The number of aryl methyl sites for hydroxylation is 1. The van der Waals surface area contributed by atoms with Gasteiger partial charge in [-0.05, 0) is 61.8 Å². The smallest absolute Gasteiger partial charge is 0.0641 e. The molecule has 0 heterocycles. The van der Waals surface area contributed by atoms with E-state index in [0.717, 1.165) is 38.3 Å². The zero-order valence-corrected chi connectivity index (χ0v) is 13.4. The molecule has 0 amide bonds. The van der Waals surface area contributed by atoms with E-state index in [1.54, 1.807) is 0 Å². The van der Waals surface area contributed by atoms with Gasteiger partial charge in [0.25, 0.3) is 0 Å². The Morgan fingerprint density at radius 2 is 2.05 bits per heavy atom. The number of likely N-dealkylation sites (N-methyl/N-ethyl adjacent to an activating group) is 1. The molecule has 0 aliphatic heterocycles. The predicted octanol–water partition coefficient (Wildman–Crippen LogP) is 3.11. The maximum Gasteiger partial charge on any atom is 0.0641 e. The number of nitrogens with zero attached hydrogens (tertiary/aromatic N) is 1. The van der Waals surface area contributed by atoms with E-state index in [2.05, 4.69) is 42.4 Å². The largest absolute Gasteiger partial charge is 0.379 e. The van der Waals surface area contributed by atoms with E-state index in [-0.39, 0.29) is 0 Å². The van der Waals surface area contributed by atoms with Gasteiger partial charge in [0.1, 0.15) is 0 Å². The highest BCUT2D eigenvalue weighted by Gasteiger charge is 2.21. The molecular formula is C18H28N2O. The number of anilines is 1. The van der Waals surface area contributed by atoms with Crippen molar-refractivity contribution < 1.29 is 4.74 Å². The van der Waals surface area contributed by atoms with Crippen LogP contribution in [-0.2, 0) is 11.3 Å². The molecule has 0 unspecified atom stereocenters. The summed E-state index contributed by atoms with van der Waals surface area (Å²) in [5.74, 6) is 0.857. The molecule has 0 aromatic heterocycles. The summed E-state index contributed by atoms with van der Waals surface area (Å²) in [7, 11) is 2.15. The molecule has 116 valence electrons. The van der Waals surface area contributed by atoms with E-state index in [9.17, 15) is 0 Å². The number of rotatable bonds is 9. The molecule has 2 aliphatic rings. The second-order valence-electron chi connectivity index (χ2n) is 6.71. The topological polar surface area (TPSA) is 24.5 Å². The molecule has 1 aromatic rings. The van der Waals surface area contributed by atoms with Gasteiger partial charge in [-0.25, -0.2) is 0 Å². The normalized spacial score (nSPS) is 18.0. The molecule has 21 heavy (non-hydrogen) atoms. The monoisotopic (exact) mass is 288 g/mol. The van der Waals surface area contributed by atoms with Gasteiger partial charge in [-0.1, -0.05) is 6.07 Å². The van der Waals surface area contributed by atoms with Gasteiger partial charge in [0.05, 0.1) is 6.61 Å². The van der Waals surface area contributed by atoms with Gasteiger partial charge in [-0.2, -0.15) is 0 Å². The number of nitrogens with one attached hydrogen (secondary N) is 1. The quantitative estimate of drug-likeness (QED) is 0.707. The minimum Gasteiger partial charge on any atom is -0.379 e. The van der Waals surface area contributed by atoms with Crippen molar-refractivity contribution in [3.63, 3.8) is 0 Å². The van der Waals surface area contributed by atoms with Crippen LogP contribution >= 0.6 is 0 Å². The molecule has 1 N–H and O–H groups in total. The van der Waals surface area contributed by atoms with Crippen LogP contribution in [0.2, 0.25) is 0 Å². The van der Waals surface area contributed by atoms with Gasteiger partial charge >= 0.3 is 0 Å². The van der Waals surface area contributed by atoms with E-state index in [1.165, 1.54) is 42.5 Å². The maximum atomic E-state index is 5.72. The van der Waals surface area contributed by atoms with E-state index < -0.39 is 0 Å². The van der Waals surface area contributed by atoms with Gasteiger partial charge < -0.3 is 15.0 Å². The van der Waals surface area contributed by atoms with Crippen molar-refractivity contribution in [1.82, 2.24) is 5.32 Å². The van der Waals surface area contributed by atoms with Crippen LogP contribution in [0.15, 0.2) is 18.2 Å². The Bertz CT molecular complexity index is 466. The summed E-state index contributed by atoms with van der Waals surface area (Å²) in [5, 5.41) is 3.59. The van der Waals surface area contributed by atoms with Crippen molar-refractivity contribution in [2.75, 3.05) is 31.7 Å². The first-order valence-corrected chi connectivity index (χ1v) is 8.34. The number of benzene rings is 1. The van der Waals surface area contributed by atoms with Crippen LogP contribution < -0.4 is 10.2 Å². The van der Waals surface area contributed by atoms with Crippen molar-refractivity contribution in [2.45, 2.75) is 45.2 Å². The van der Waals surface area contributed by atoms with E-state index >= 15 is 0 Å². The number of ether oxygens (including phenoxy) is 1. The average Bonchev–Trinajstić information content (AvgIpc) is 3.36. The lowest BCUT2D eigenvalue weighted by Gasteiger charge is -2.21. The van der Waals surface area contributed by atoms with Crippen LogP contribution in [0.4, 0.5) is 5.69 Å². The van der Waals surface area contributed by atoms with Crippen LogP contribution in [0.5, 0.6) is 0 Å². The standard InChI is InChI=1S/C18H28N2O/c1-14-11-18(8-5-16(14)12-19-17-6-7-17)20(2)9-10-21-13-15-3-4-15/h5,8,11,15,17,19H,3-4,6-7,9-10,12-13H2,1-2H3. The van der Waals surface area contributed by atoms with Crippen LogP contribution in [0.25, 0.3) is 0 Å². The zero-order chi connectivity index (χ0) is 14.7. The SMILES string of the molecule is Cc1cc(N(C)CCOCC2CC2)ccc1CNC1CC1. The van der Waals surface area contributed by atoms with Crippen LogP contribution in [0, 0.1) is 12.8 Å². The van der Waals surface area contributed by atoms with Crippen LogP contribution in [0.3, 0.4) is 0 Å². The first-order chi connectivity index (χ1) is 10.2. The molecule has 0 saturated heterocycles. The Labute approximate surface area is 128 Å². The summed E-state index contributed by atoms with van der Waals surface area (Å²) in [6.45, 7) is 5.97. The Morgan fingerprint density at radius 3 is 2.71 bits per heavy atom. The Morgan fingerprint density at radius 1 is 1.24 bits per heavy atom. The third-order valence-electron chi connectivity index (χ3n) is 4.55. The number of hydrogen-bond donors (Lipinski definition) is 1. The van der Waals surface area contributed by atoms with Gasteiger partial charge in [-0.3, -0.25) is 0 Å². The lowest BCUT2D eigenvalue weighted by molar-refractivity contribution is 0.131. The Kier molecular flexibility index (Phi) is 4.81. The predicted molar refractivity (Wildman–Crippen MR) is 87.9 cm³/mol. The average molecular weight is 288 g/mol. The highest BCUT2D eigenvalue weighted by molar-refractivity contribution is 5.50. The lowest BCUT2D eigenvalue weighted by Crippen LogP contribution is -2.23. The zero-order valence-electron chi connectivity index (χ0n) is 13.4. The third-order valence-corrected chi connectivity index (χ3v) is 4.55. The molecule has 0 atom stereocenters. The molecule has 2 fully saturated rings. The van der Waals surface area contributed by atoms with Gasteiger partial charge in [0.2, 0.25) is 0 Å². The molecule has 3 nitrogen and oxygen atoms in total. The summed E-state index contributed by atoms with van der Waals surface area (Å²) in [6.07, 6.45) is 5.43. The first-order valence-electron chi connectivity index (χ1n) is 8.34. The summed E-state index contributed by atoms with van der Waals surface area (Å²) in [4.78, 5) is 2.29. The Hall–Kier alpha value is -1.06. The summed E-state index contributed by atoms with van der Waals surface area (Å²) in [6, 6.07) is 7.57. The second-order valence-corrected chi connectivity index (χ2v) is 6.71. The fraction of sp³-hybridized carbons (Fsp3) is 0.667. The van der Waals surface area contributed by atoms with Crippen molar-refractivity contribution in [2.24, 2.45) is 5.92 Å². The molecule has 0 bridgehead atoms. The molecule has 2 saturated carbocycles. The van der Waals surface area contributed by atoms with Crippen molar-refractivity contribution in [3.8, 4) is 0 Å². The minimum atomic E-state index is 0.773. The van der Waals surface area contributed by atoms with Gasteiger partial charge in [-0.15, -0.1) is 0 Å².